The molecule has 1 aromatic carbocycles. The smallest absolute Gasteiger partial charge is 0.240 e. The summed E-state index contributed by atoms with van der Waals surface area (Å²) in [6, 6.07) is 4.80. The van der Waals surface area contributed by atoms with E-state index in [-0.39, 0.29) is 10.8 Å². The Morgan fingerprint density at radius 3 is 2.75 bits per heavy atom. The third kappa shape index (κ3) is 3.56. The van der Waals surface area contributed by atoms with Gasteiger partial charge >= 0.3 is 0 Å². The summed E-state index contributed by atoms with van der Waals surface area (Å²) in [5.74, 6) is 0.0342. The molecule has 1 heterocycles. The molecule has 108 valence electrons. The van der Waals surface area contributed by atoms with Gasteiger partial charge < -0.3 is 5.73 Å². The van der Waals surface area contributed by atoms with Crippen LogP contribution in [0, 0.1) is 6.92 Å². The van der Waals surface area contributed by atoms with Crippen molar-refractivity contribution in [1.29, 1.82) is 0 Å². The molecule has 3 N–H and O–H groups in total. The minimum Gasteiger partial charge on any atom is -0.399 e. The number of sulfonamides is 1. The van der Waals surface area contributed by atoms with Gasteiger partial charge in [0.05, 0.1) is 9.90 Å². The Morgan fingerprint density at radius 1 is 1.40 bits per heavy atom. The summed E-state index contributed by atoms with van der Waals surface area (Å²) in [5, 5.41) is 2.79. The van der Waals surface area contributed by atoms with Crippen LogP contribution in [0.2, 0.25) is 0 Å². The van der Waals surface area contributed by atoms with Gasteiger partial charge in [-0.3, -0.25) is 0 Å². The first kappa shape index (κ1) is 15.0. The highest BCUT2D eigenvalue weighted by molar-refractivity contribution is 7.89. The van der Waals surface area contributed by atoms with Crippen LogP contribution in [0.3, 0.4) is 0 Å². The summed E-state index contributed by atoms with van der Waals surface area (Å²) >= 11 is 1.52. The van der Waals surface area contributed by atoms with Gasteiger partial charge in [0.2, 0.25) is 10.0 Å². The Labute approximate surface area is 122 Å². The van der Waals surface area contributed by atoms with E-state index >= 15 is 0 Å². The lowest BCUT2D eigenvalue weighted by Crippen LogP contribution is -2.27. The van der Waals surface area contributed by atoms with Gasteiger partial charge in [0.15, 0.2) is 0 Å². The Bertz CT molecular complexity index is 661. The van der Waals surface area contributed by atoms with E-state index in [1.54, 1.807) is 18.3 Å². The summed E-state index contributed by atoms with van der Waals surface area (Å²) in [7, 11) is -3.54. The van der Waals surface area contributed by atoms with E-state index in [0.717, 1.165) is 10.6 Å². The second-order valence-electron chi connectivity index (χ2n) is 4.70. The van der Waals surface area contributed by atoms with Crippen LogP contribution < -0.4 is 10.5 Å². The highest BCUT2D eigenvalue weighted by Gasteiger charge is 2.17. The number of nitrogens with two attached hydrogens (primary N) is 1. The fraction of sp³-hybridized carbons (Fsp3) is 0.308. The van der Waals surface area contributed by atoms with Crippen molar-refractivity contribution in [3.05, 3.63) is 40.3 Å². The van der Waals surface area contributed by atoms with Gasteiger partial charge in [-0.15, -0.1) is 11.3 Å². The molecule has 0 saturated heterocycles. The molecule has 1 atom stereocenters. The summed E-state index contributed by atoms with van der Waals surface area (Å²) in [6.07, 6.45) is 1.71. The first-order chi connectivity index (χ1) is 9.38. The van der Waals surface area contributed by atoms with Gasteiger partial charge in [-0.05, 0) is 30.7 Å². The monoisotopic (exact) mass is 311 g/mol. The number of hydrogen-bond donors (Lipinski definition) is 2. The Hall–Kier alpha value is -1.44. The second kappa shape index (κ2) is 5.90. The standard InChI is InChI=1S/C13H17N3O2S2/c1-9-5-11(14)7-12(6-9)20(17,18)16-8-10(2)13-15-3-4-19-13/h3-7,10,16H,8,14H2,1-2H3. The van der Waals surface area contributed by atoms with Crippen molar-refractivity contribution in [1.82, 2.24) is 9.71 Å². The number of aryl methyl sites for hydroxylation is 1. The molecule has 0 aliphatic rings. The molecule has 0 amide bonds. The number of nitrogen functional groups attached to an aromatic ring is 1. The van der Waals surface area contributed by atoms with Gasteiger partial charge in [0.1, 0.15) is 0 Å². The molecule has 0 fully saturated rings. The van der Waals surface area contributed by atoms with Crippen LogP contribution >= 0.6 is 11.3 Å². The maximum atomic E-state index is 12.2. The molecule has 7 heteroatoms. The van der Waals surface area contributed by atoms with E-state index in [4.69, 9.17) is 5.73 Å². The van der Waals surface area contributed by atoms with Crippen molar-refractivity contribution >= 4 is 27.0 Å². The van der Waals surface area contributed by atoms with Crippen LogP contribution in [0.5, 0.6) is 0 Å². The predicted octanol–water partition coefficient (Wildman–Crippen LogP) is 2.12. The number of benzene rings is 1. The first-order valence-corrected chi connectivity index (χ1v) is 8.51. The highest BCUT2D eigenvalue weighted by Crippen LogP contribution is 2.19. The van der Waals surface area contributed by atoms with Crippen molar-refractivity contribution < 1.29 is 8.42 Å². The molecule has 5 nitrogen and oxygen atoms in total. The molecule has 0 aliphatic heterocycles. The summed E-state index contributed by atoms with van der Waals surface area (Å²) in [6.45, 7) is 4.06. The zero-order chi connectivity index (χ0) is 14.8. The molecule has 1 unspecified atom stereocenters. The molecular formula is C13H17N3O2S2. The normalized spacial score (nSPS) is 13.3. The molecule has 0 bridgehead atoms. The first-order valence-electron chi connectivity index (χ1n) is 6.15. The minimum absolute atomic E-state index is 0.0342. The molecule has 20 heavy (non-hydrogen) atoms. The van der Waals surface area contributed by atoms with Crippen LogP contribution in [0.4, 0.5) is 5.69 Å². The largest absolute Gasteiger partial charge is 0.399 e. The molecule has 0 radical (unpaired) electrons. The number of hydrogen-bond acceptors (Lipinski definition) is 5. The van der Waals surface area contributed by atoms with E-state index in [1.165, 1.54) is 17.4 Å². The highest BCUT2D eigenvalue weighted by atomic mass is 32.2. The zero-order valence-corrected chi connectivity index (χ0v) is 13.0. The number of thiazole rings is 1. The molecule has 0 aliphatic carbocycles. The molecule has 1 aromatic heterocycles. The third-order valence-electron chi connectivity index (χ3n) is 2.84. The van der Waals surface area contributed by atoms with Gasteiger partial charge in [-0.2, -0.15) is 0 Å². The zero-order valence-electron chi connectivity index (χ0n) is 11.3. The van der Waals surface area contributed by atoms with Crippen LogP contribution in [0.25, 0.3) is 0 Å². The van der Waals surface area contributed by atoms with Crippen molar-refractivity contribution in [3.63, 3.8) is 0 Å². The Morgan fingerprint density at radius 2 is 2.15 bits per heavy atom. The molecule has 2 aromatic rings. The lowest BCUT2D eigenvalue weighted by molar-refractivity contribution is 0.574. The van der Waals surface area contributed by atoms with Gasteiger partial charge in [0, 0.05) is 29.7 Å². The quantitative estimate of drug-likeness (QED) is 0.828. The Kier molecular flexibility index (Phi) is 4.42. The Balaban J connectivity index is 2.11. The number of aromatic nitrogens is 1. The van der Waals surface area contributed by atoms with Gasteiger partial charge in [0.25, 0.3) is 0 Å². The summed E-state index contributed by atoms with van der Waals surface area (Å²) < 4.78 is 27.1. The number of rotatable bonds is 5. The van der Waals surface area contributed by atoms with Gasteiger partial charge in [-0.1, -0.05) is 6.92 Å². The van der Waals surface area contributed by atoms with Crippen LogP contribution in [0.15, 0.2) is 34.7 Å². The third-order valence-corrected chi connectivity index (χ3v) is 5.25. The maximum Gasteiger partial charge on any atom is 0.240 e. The van der Waals surface area contributed by atoms with Crippen LogP contribution in [-0.2, 0) is 10.0 Å². The average molecular weight is 311 g/mol. The van der Waals surface area contributed by atoms with Crippen molar-refractivity contribution in [2.45, 2.75) is 24.7 Å². The lowest BCUT2D eigenvalue weighted by Gasteiger charge is -2.11. The van der Waals surface area contributed by atoms with Crippen molar-refractivity contribution in [3.8, 4) is 0 Å². The van der Waals surface area contributed by atoms with Gasteiger partial charge in [-0.25, -0.2) is 18.1 Å². The summed E-state index contributed by atoms with van der Waals surface area (Å²) in [4.78, 5) is 4.38. The van der Waals surface area contributed by atoms with Crippen LogP contribution in [0.1, 0.15) is 23.4 Å². The van der Waals surface area contributed by atoms with E-state index in [1.807, 2.05) is 19.2 Å². The molecule has 2 rings (SSSR count). The average Bonchev–Trinajstić information content (AvgIpc) is 2.88. The van der Waals surface area contributed by atoms with E-state index in [2.05, 4.69) is 9.71 Å². The van der Waals surface area contributed by atoms with Crippen molar-refractivity contribution in [2.75, 3.05) is 12.3 Å². The molecule has 0 saturated carbocycles. The minimum atomic E-state index is -3.54. The maximum absolute atomic E-state index is 12.2. The number of nitrogens with one attached hydrogen (secondary N) is 1. The number of anilines is 1. The topological polar surface area (TPSA) is 85.1 Å². The lowest BCUT2D eigenvalue weighted by atomic mass is 10.2. The SMILES string of the molecule is Cc1cc(N)cc(S(=O)(=O)NCC(C)c2nccs2)c1. The predicted molar refractivity (Wildman–Crippen MR) is 81.3 cm³/mol. The fourth-order valence-corrected chi connectivity index (χ4v) is 3.78. The fourth-order valence-electron chi connectivity index (χ4n) is 1.81. The van der Waals surface area contributed by atoms with Crippen LogP contribution in [-0.4, -0.2) is 19.9 Å². The molecular weight excluding hydrogens is 294 g/mol. The summed E-state index contributed by atoms with van der Waals surface area (Å²) in [5.41, 5.74) is 6.95. The van der Waals surface area contributed by atoms with Crippen molar-refractivity contribution in [2.24, 2.45) is 0 Å². The van der Waals surface area contributed by atoms with E-state index in [0.29, 0.717) is 12.2 Å². The second-order valence-corrected chi connectivity index (χ2v) is 7.40. The van der Waals surface area contributed by atoms with E-state index in [9.17, 15) is 8.42 Å². The number of nitrogens with zero attached hydrogens (tertiary/aromatic N) is 1. The van der Waals surface area contributed by atoms with E-state index < -0.39 is 10.0 Å². The molecule has 0 spiro atoms.